The third-order valence-corrected chi connectivity index (χ3v) is 9.90. The van der Waals surface area contributed by atoms with E-state index in [0.717, 1.165) is 17.7 Å². The molecule has 1 atom stereocenters. The number of hydrogen-bond acceptors (Lipinski definition) is 12. The first-order valence-corrected chi connectivity index (χ1v) is 17.8. The Labute approximate surface area is 308 Å². The molecule has 2 aromatic carbocycles. The average Bonchev–Trinajstić information content (AvgIpc) is 4.10. The number of ether oxygens (including phenoxy) is 2. The van der Waals surface area contributed by atoms with Crippen LogP contribution < -0.4 is 0 Å². The quantitative estimate of drug-likeness (QED) is 0.164. The van der Waals surface area contributed by atoms with Crippen molar-refractivity contribution in [2.24, 2.45) is 4.99 Å². The molecular weight excluding hydrogens is 672 g/mol. The number of carbonyl (C=O) groups is 1. The van der Waals surface area contributed by atoms with Crippen molar-refractivity contribution in [1.29, 1.82) is 0 Å². The maximum atomic E-state index is 13.4. The molecule has 51 heavy (non-hydrogen) atoms. The van der Waals surface area contributed by atoms with Crippen molar-refractivity contribution in [2.45, 2.75) is 81.3 Å². The summed E-state index contributed by atoms with van der Waals surface area (Å²) in [5.74, 6) is 0.686. The molecule has 0 saturated carbocycles. The largest absolute Gasteiger partial charge is 0.549 e. The van der Waals surface area contributed by atoms with E-state index >= 15 is 0 Å². The van der Waals surface area contributed by atoms with Gasteiger partial charge < -0.3 is 28.2 Å². The topological polar surface area (TPSA) is 162 Å². The Morgan fingerprint density at radius 1 is 1.12 bits per heavy atom. The number of nitrogens with zero attached hydrogens (tertiary/aromatic N) is 5. The fraction of sp³-hybridized carbons (Fsp3) is 0.400. The van der Waals surface area contributed by atoms with Crippen LogP contribution in [0.25, 0.3) is 34.0 Å². The predicted molar refractivity (Wildman–Crippen MR) is 192 cm³/mol. The Hall–Kier alpha value is -4.53. The molecular formula is C35H39B2N5O8S. The second kappa shape index (κ2) is 13.5. The minimum Gasteiger partial charge on any atom is -0.549 e. The fourth-order valence-electron chi connectivity index (χ4n) is 5.69. The van der Waals surface area contributed by atoms with E-state index in [1.165, 1.54) is 18.3 Å². The second-order valence-corrected chi connectivity index (χ2v) is 15.3. The van der Waals surface area contributed by atoms with Crippen LogP contribution in [0.3, 0.4) is 0 Å². The van der Waals surface area contributed by atoms with Crippen molar-refractivity contribution in [3.63, 3.8) is 0 Å². The first kappa shape index (κ1) is 27.2. The van der Waals surface area contributed by atoms with E-state index in [4.69, 9.17) is 37.9 Å². The van der Waals surface area contributed by atoms with E-state index in [9.17, 15) is 13.2 Å². The predicted octanol–water partition coefficient (Wildman–Crippen LogP) is 4.79. The van der Waals surface area contributed by atoms with Gasteiger partial charge in [-0.05, 0) is 65.0 Å². The van der Waals surface area contributed by atoms with Crippen molar-refractivity contribution in [2.75, 3.05) is 13.2 Å². The minimum atomic E-state index is -5.23. The third-order valence-electron chi connectivity index (χ3n) is 8.47. The Kier molecular flexibility index (Phi) is 7.22. The molecule has 3 fully saturated rings. The van der Waals surface area contributed by atoms with Crippen LogP contribution in [0.2, 0.25) is 0 Å². The van der Waals surface area contributed by atoms with Crippen LogP contribution in [-0.2, 0) is 40.8 Å². The van der Waals surface area contributed by atoms with Gasteiger partial charge in [-0.25, -0.2) is 23.2 Å². The lowest BCUT2D eigenvalue weighted by Gasteiger charge is -2.35. The van der Waals surface area contributed by atoms with Gasteiger partial charge in [0.25, 0.3) is 0 Å². The summed E-state index contributed by atoms with van der Waals surface area (Å²) in [6.07, 6.45) is 2.43. The zero-order valence-electron chi connectivity index (χ0n) is 35.2. The molecule has 3 aliphatic heterocycles. The van der Waals surface area contributed by atoms with Gasteiger partial charge in [-0.2, -0.15) is 0 Å². The van der Waals surface area contributed by atoms with Gasteiger partial charge in [0.2, 0.25) is 0 Å². The molecule has 5 heterocycles. The SMILES string of the molecule is [2H]C([2H])([2H])C([2H])(C([2H])([2H])[2H])S(=O)(=O)c1ccc(-c2cnc(C3(/N=C4\BO4)BO3)c(-c3cc(-c4ccc(CN(C(=O)OC(C)(C)C)C5CCOCC5)cc4)no3)n2)cc1. The molecule has 16 heteroatoms. The van der Waals surface area contributed by atoms with Crippen LogP contribution in [0.4, 0.5) is 4.79 Å². The highest BCUT2D eigenvalue weighted by Gasteiger charge is 2.54. The Morgan fingerprint density at radius 3 is 2.41 bits per heavy atom. The maximum Gasteiger partial charge on any atom is 0.434 e. The van der Waals surface area contributed by atoms with Crippen molar-refractivity contribution in [3.8, 4) is 34.0 Å². The van der Waals surface area contributed by atoms with Gasteiger partial charge in [-0.15, -0.1) is 0 Å². The van der Waals surface area contributed by atoms with Crippen LogP contribution in [0.5, 0.6) is 0 Å². The zero-order valence-corrected chi connectivity index (χ0v) is 29.0. The summed E-state index contributed by atoms with van der Waals surface area (Å²) in [6.45, 7) is -0.418. The minimum absolute atomic E-state index is 0.0284. The number of benzene rings is 2. The molecule has 2 aromatic heterocycles. The average molecular weight is 718 g/mol. The Morgan fingerprint density at radius 2 is 1.78 bits per heavy atom. The molecule has 0 spiro atoms. The van der Waals surface area contributed by atoms with Gasteiger partial charge in [-0.1, -0.05) is 41.6 Å². The fourth-order valence-corrected chi connectivity index (χ4v) is 6.42. The van der Waals surface area contributed by atoms with Crippen LogP contribution in [-0.4, -0.2) is 85.4 Å². The van der Waals surface area contributed by atoms with E-state index < -0.39 is 51.0 Å². The molecule has 0 N–H and O–H groups in total. The third kappa shape index (κ3) is 7.72. The van der Waals surface area contributed by atoms with E-state index in [1.54, 1.807) is 11.0 Å². The summed E-state index contributed by atoms with van der Waals surface area (Å²) in [4.78, 5) is 28.3. The van der Waals surface area contributed by atoms with Gasteiger partial charge in [0.15, 0.2) is 27.0 Å². The summed E-state index contributed by atoms with van der Waals surface area (Å²) in [6, 6.07) is 13.8. The summed E-state index contributed by atoms with van der Waals surface area (Å²) >= 11 is 0. The molecule has 1 unspecified atom stereocenters. The van der Waals surface area contributed by atoms with Crippen LogP contribution in [0, 0.1) is 0 Å². The highest BCUT2D eigenvalue weighted by atomic mass is 32.2. The molecule has 0 bridgehead atoms. The smallest absolute Gasteiger partial charge is 0.434 e. The van der Waals surface area contributed by atoms with Crippen molar-refractivity contribution < 1.29 is 46.1 Å². The van der Waals surface area contributed by atoms with Gasteiger partial charge >= 0.3 is 21.1 Å². The van der Waals surface area contributed by atoms with Crippen molar-refractivity contribution in [3.05, 3.63) is 72.1 Å². The molecule has 7 rings (SSSR count). The standard InChI is InChI=1S/C35H39B2N5O8S/c1-21(2)51(44,45)26-12-10-24(11-13-26)28-19-38-31(35(37-50-35)40-32-36-48-32)30(39-28)29-18-27(41-49-29)23-8-6-22(7-9-23)20-42(25-14-16-46-17-15-25)33(43)47-34(3,4)5/h6-13,18-19,21,25,36-37H,14-17,20H2,1-5H3/b40-32+/i1D3,2D3,21D. The summed E-state index contributed by atoms with van der Waals surface area (Å²) in [5.41, 5.74) is 1.30. The normalized spacial score (nSPS) is 22.3. The molecule has 4 aromatic rings. The van der Waals surface area contributed by atoms with Gasteiger partial charge in [0.1, 0.15) is 22.7 Å². The van der Waals surface area contributed by atoms with Gasteiger partial charge in [0, 0.05) is 52.6 Å². The number of hydrogen-bond donors (Lipinski definition) is 0. The maximum absolute atomic E-state index is 13.4. The van der Waals surface area contributed by atoms with E-state index in [2.05, 4.69) is 15.1 Å². The molecule has 3 aliphatic rings. The molecule has 3 saturated heterocycles. The molecule has 264 valence electrons. The van der Waals surface area contributed by atoms with Crippen molar-refractivity contribution in [1.82, 2.24) is 20.0 Å². The first-order chi connectivity index (χ1) is 27.1. The summed E-state index contributed by atoms with van der Waals surface area (Å²) in [5, 5.41) is 0.481. The second-order valence-electron chi connectivity index (χ2n) is 13.4. The molecule has 13 nitrogen and oxygen atoms in total. The Balaban J connectivity index is 1.18. The number of sulfone groups is 1. The molecule has 0 aliphatic carbocycles. The van der Waals surface area contributed by atoms with Crippen molar-refractivity contribution >= 4 is 36.7 Å². The monoisotopic (exact) mass is 718 g/mol. The first-order valence-electron chi connectivity index (χ1n) is 19.8. The lowest BCUT2D eigenvalue weighted by atomic mass is 9.91. The molecule has 1 amide bonds. The summed E-state index contributed by atoms with van der Waals surface area (Å²) < 4.78 is 109. The number of rotatable bonds is 10. The zero-order chi connectivity index (χ0) is 41.9. The van der Waals surface area contributed by atoms with Crippen LogP contribution in [0.15, 0.2) is 75.2 Å². The van der Waals surface area contributed by atoms with Crippen LogP contribution >= 0.6 is 0 Å². The van der Waals surface area contributed by atoms with E-state index in [1.807, 2.05) is 45.0 Å². The lowest BCUT2D eigenvalue weighted by Crippen LogP contribution is -2.45. The number of carbonyl (C=O) groups excluding carboxylic acids is 1. The lowest BCUT2D eigenvalue weighted by molar-refractivity contribution is -0.00809. The number of aromatic nitrogens is 3. The highest BCUT2D eigenvalue weighted by Crippen LogP contribution is 2.43. The number of aliphatic imine (C=N–C) groups is 1. The number of amides is 1. The van der Waals surface area contributed by atoms with E-state index in [-0.39, 0.29) is 30.7 Å². The summed E-state index contributed by atoms with van der Waals surface area (Å²) in [7, 11) is -4.70. The Bertz CT molecular complexity index is 2310. The van der Waals surface area contributed by atoms with Gasteiger partial charge in [0.05, 0.1) is 22.0 Å². The van der Waals surface area contributed by atoms with Gasteiger partial charge in [-0.3, -0.25) is 4.98 Å². The van der Waals surface area contributed by atoms with E-state index in [0.29, 0.717) is 68.4 Å². The molecule has 0 radical (unpaired) electrons. The highest BCUT2D eigenvalue weighted by molar-refractivity contribution is 7.92. The van der Waals surface area contributed by atoms with Crippen LogP contribution in [0.1, 0.15) is 68.2 Å².